The summed E-state index contributed by atoms with van der Waals surface area (Å²) in [5, 5.41) is 6.83. The summed E-state index contributed by atoms with van der Waals surface area (Å²) in [6.07, 6.45) is 8.94. The lowest BCUT2D eigenvalue weighted by Crippen LogP contribution is -2.50. The normalized spacial score (nSPS) is 34.4. The molecule has 0 spiro atoms. The van der Waals surface area contributed by atoms with E-state index in [1.54, 1.807) is 0 Å². The van der Waals surface area contributed by atoms with Gasteiger partial charge >= 0.3 is 0 Å². The summed E-state index contributed by atoms with van der Waals surface area (Å²) >= 11 is 0. The number of amides is 1. The monoisotopic (exact) mass is 379 g/mol. The molecule has 1 saturated carbocycles. The van der Waals surface area contributed by atoms with Gasteiger partial charge in [-0.1, -0.05) is 19.8 Å². The molecule has 2 aliphatic heterocycles. The molecule has 1 amide bonds. The maximum absolute atomic E-state index is 12.5. The van der Waals surface area contributed by atoms with Gasteiger partial charge in [-0.2, -0.15) is 0 Å². The van der Waals surface area contributed by atoms with Crippen molar-refractivity contribution in [1.29, 1.82) is 0 Å². The van der Waals surface area contributed by atoms with Gasteiger partial charge in [0.05, 0.1) is 6.04 Å². The summed E-state index contributed by atoms with van der Waals surface area (Å²) in [6, 6.07) is 0.904. The Balaban J connectivity index is 0.00000144. The van der Waals surface area contributed by atoms with Crippen molar-refractivity contribution in [1.82, 2.24) is 15.5 Å². The smallest absolute Gasteiger partial charge is 0.237 e. The Morgan fingerprint density at radius 2 is 1.96 bits per heavy atom. The van der Waals surface area contributed by atoms with Gasteiger partial charge < -0.3 is 15.5 Å². The highest BCUT2D eigenvalue weighted by molar-refractivity contribution is 5.85. The summed E-state index contributed by atoms with van der Waals surface area (Å²) in [5.41, 5.74) is 0. The summed E-state index contributed by atoms with van der Waals surface area (Å²) in [7, 11) is 0. The van der Waals surface area contributed by atoms with E-state index in [1.807, 2.05) is 0 Å². The average Bonchev–Trinajstić information content (AvgIpc) is 2.91. The Labute approximate surface area is 159 Å². The first-order valence-corrected chi connectivity index (χ1v) is 9.40. The lowest BCUT2D eigenvalue weighted by atomic mass is 9.85. The van der Waals surface area contributed by atoms with Crippen molar-refractivity contribution in [3.8, 4) is 0 Å². The number of nitrogens with one attached hydrogen (secondary N) is 2. The van der Waals surface area contributed by atoms with Gasteiger partial charge in [0, 0.05) is 25.2 Å². The number of hydrogen-bond donors (Lipinski definition) is 2. The average molecular weight is 380 g/mol. The fourth-order valence-corrected chi connectivity index (χ4v) is 4.75. The number of likely N-dealkylation sites (tertiary alicyclic amines) is 1. The maximum atomic E-state index is 12.5. The lowest BCUT2D eigenvalue weighted by Gasteiger charge is -2.33. The van der Waals surface area contributed by atoms with Crippen LogP contribution >= 0.6 is 24.8 Å². The van der Waals surface area contributed by atoms with Crippen LogP contribution in [-0.2, 0) is 4.79 Å². The first kappa shape index (κ1) is 22.0. The number of halogens is 2. The zero-order valence-electron chi connectivity index (χ0n) is 15.1. The zero-order valence-corrected chi connectivity index (χ0v) is 16.8. The van der Waals surface area contributed by atoms with Gasteiger partial charge in [0.1, 0.15) is 0 Å². The third kappa shape index (κ3) is 5.76. The second-order valence-electron chi connectivity index (χ2n) is 8.02. The van der Waals surface area contributed by atoms with Crippen LogP contribution in [0.5, 0.6) is 0 Å². The number of carbonyl (C=O) groups excluding carboxylic acids is 1. The summed E-state index contributed by atoms with van der Waals surface area (Å²) in [6.45, 7) is 7.86. The summed E-state index contributed by atoms with van der Waals surface area (Å²) in [4.78, 5) is 15.0. The quantitative estimate of drug-likeness (QED) is 0.788. The molecule has 24 heavy (non-hydrogen) atoms. The molecular weight excluding hydrogens is 345 g/mol. The first-order chi connectivity index (χ1) is 10.6. The van der Waals surface area contributed by atoms with E-state index in [2.05, 4.69) is 29.4 Å². The predicted molar refractivity (Wildman–Crippen MR) is 104 cm³/mol. The van der Waals surface area contributed by atoms with E-state index in [1.165, 1.54) is 51.6 Å². The maximum Gasteiger partial charge on any atom is 0.237 e. The van der Waals surface area contributed by atoms with Crippen molar-refractivity contribution in [3.63, 3.8) is 0 Å². The van der Waals surface area contributed by atoms with Crippen LogP contribution < -0.4 is 10.6 Å². The number of nitrogens with zero attached hydrogens (tertiary/aromatic N) is 1. The second-order valence-corrected chi connectivity index (χ2v) is 8.02. The third-order valence-electron chi connectivity index (χ3n) is 5.84. The van der Waals surface area contributed by atoms with Gasteiger partial charge in [0.15, 0.2) is 0 Å². The minimum Gasteiger partial charge on any atom is -0.351 e. The molecule has 5 atom stereocenters. The zero-order chi connectivity index (χ0) is 15.5. The second kappa shape index (κ2) is 10.2. The Hall–Kier alpha value is -0.0300. The summed E-state index contributed by atoms with van der Waals surface area (Å²) < 4.78 is 0. The van der Waals surface area contributed by atoms with E-state index in [9.17, 15) is 4.79 Å². The number of hydrogen-bond acceptors (Lipinski definition) is 3. The molecule has 142 valence electrons. The minimum absolute atomic E-state index is 0. The molecule has 1 aliphatic carbocycles. The predicted octanol–water partition coefficient (Wildman–Crippen LogP) is 2.99. The minimum atomic E-state index is 0. The van der Waals surface area contributed by atoms with E-state index < -0.39 is 0 Å². The van der Waals surface area contributed by atoms with Gasteiger partial charge in [0.2, 0.25) is 5.91 Å². The van der Waals surface area contributed by atoms with Gasteiger partial charge in [-0.25, -0.2) is 0 Å². The molecule has 5 unspecified atom stereocenters. The number of rotatable bonds is 4. The Kier molecular flexibility index (Phi) is 9.35. The summed E-state index contributed by atoms with van der Waals surface area (Å²) in [5.74, 6) is 1.77. The van der Waals surface area contributed by atoms with Crippen LogP contribution in [0.3, 0.4) is 0 Å². The Morgan fingerprint density at radius 1 is 1.21 bits per heavy atom. The van der Waals surface area contributed by atoms with Crippen molar-refractivity contribution in [3.05, 3.63) is 0 Å². The van der Waals surface area contributed by atoms with Crippen LogP contribution in [0.15, 0.2) is 0 Å². The molecule has 3 rings (SSSR count). The van der Waals surface area contributed by atoms with Crippen LogP contribution in [-0.4, -0.2) is 48.6 Å². The highest BCUT2D eigenvalue weighted by atomic mass is 35.5. The molecule has 2 N–H and O–H groups in total. The largest absolute Gasteiger partial charge is 0.351 e. The molecule has 0 aromatic rings. The van der Waals surface area contributed by atoms with E-state index in [4.69, 9.17) is 0 Å². The third-order valence-corrected chi connectivity index (χ3v) is 5.84. The molecule has 0 radical (unpaired) electrons. The van der Waals surface area contributed by atoms with E-state index >= 15 is 0 Å². The van der Waals surface area contributed by atoms with Gasteiger partial charge in [-0.3, -0.25) is 4.79 Å². The van der Waals surface area contributed by atoms with Crippen LogP contribution in [0.2, 0.25) is 0 Å². The first-order valence-electron chi connectivity index (χ1n) is 9.40. The molecule has 3 aliphatic rings. The molecule has 6 heteroatoms. The van der Waals surface area contributed by atoms with E-state index in [0.29, 0.717) is 6.04 Å². The van der Waals surface area contributed by atoms with Gasteiger partial charge in [-0.05, 0) is 57.4 Å². The molecule has 0 aromatic heterocycles. The van der Waals surface area contributed by atoms with Crippen molar-refractivity contribution in [2.75, 3.05) is 19.6 Å². The molecule has 2 heterocycles. The van der Waals surface area contributed by atoms with Crippen LogP contribution in [0.4, 0.5) is 0 Å². The van der Waals surface area contributed by atoms with E-state index in [0.717, 1.165) is 24.8 Å². The molecule has 0 aromatic carbocycles. The fourth-order valence-electron chi connectivity index (χ4n) is 4.75. The molecular formula is C18H35Cl2N3O. The standard InChI is InChI=1S/C18H33N3O.2ClH/c1-13-6-5-9-21(11-13)12-14(2)19-18(22)17-10-15-7-3-4-8-16(15)20-17;;/h13-17,20H,3-12H2,1-2H3,(H,19,22);2*1H. The molecule has 3 fully saturated rings. The van der Waals surface area contributed by atoms with Gasteiger partial charge in [-0.15, -0.1) is 24.8 Å². The lowest BCUT2D eigenvalue weighted by molar-refractivity contribution is -0.123. The highest BCUT2D eigenvalue weighted by Gasteiger charge is 2.38. The highest BCUT2D eigenvalue weighted by Crippen LogP contribution is 2.33. The Morgan fingerprint density at radius 3 is 2.67 bits per heavy atom. The number of piperidine rings is 1. The fraction of sp³-hybridized carbons (Fsp3) is 0.944. The van der Waals surface area contributed by atoms with Crippen molar-refractivity contribution in [2.24, 2.45) is 11.8 Å². The van der Waals surface area contributed by atoms with Crippen molar-refractivity contribution >= 4 is 30.7 Å². The number of fused-ring (bicyclic) bond motifs is 1. The number of carbonyl (C=O) groups is 1. The van der Waals surface area contributed by atoms with Gasteiger partial charge in [0.25, 0.3) is 0 Å². The molecule has 4 nitrogen and oxygen atoms in total. The topological polar surface area (TPSA) is 44.4 Å². The Bertz CT molecular complexity index is 382. The van der Waals surface area contributed by atoms with E-state index in [-0.39, 0.29) is 42.8 Å². The van der Waals surface area contributed by atoms with Crippen LogP contribution in [0, 0.1) is 11.8 Å². The van der Waals surface area contributed by atoms with Crippen LogP contribution in [0.25, 0.3) is 0 Å². The molecule has 0 bridgehead atoms. The SMILES string of the molecule is CC1CCCN(CC(C)NC(=O)C2CC3CCCCC3N2)C1.Cl.Cl. The van der Waals surface area contributed by atoms with Crippen molar-refractivity contribution < 1.29 is 4.79 Å². The molecule has 2 saturated heterocycles. The van der Waals surface area contributed by atoms with Crippen LogP contribution in [0.1, 0.15) is 58.8 Å². The van der Waals surface area contributed by atoms with Crippen molar-refractivity contribution in [2.45, 2.75) is 76.9 Å².